The zero-order chi connectivity index (χ0) is 21.4. The Labute approximate surface area is 172 Å². The van der Waals surface area contributed by atoms with E-state index in [4.69, 9.17) is 16.3 Å². The second-order valence-electron chi connectivity index (χ2n) is 8.15. The lowest BCUT2D eigenvalue weighted by Gasteiger charge is -2.22. The normalized spacial score (nSPS) is 14.4. The van der Waals surface area contributed by atoms with E-state index in [0.717, 1.165) is 22.5 Å². The monoisotopic (exact) mass is 446 g/mol. The average molecular weight is 447 g/mol. The lowest BCUT2D eigenvalue weighted by atomic mass is 10.2. The van der Waals surface area contributed by atoms with Crippen LogP contribution in [0.5, 0.6) is 0 Å². The molecule has 158 valence electrons. The molecule has 0 saturated heterocycles. The molecule has 0 spiro atoms. The highest BCUT2D eigenvalue weighted by molar-refractivity contribution is 6.76. The smallest absolute Gasteiger partial charge is 0.359 e. The zero-order valence-electron chi connectivity index (χ0n) is 16.4. The van der Waals surface area contributed by atoms with Crippen molar-refractivity contribution in [2.45, 2.75) is 51.7 Å². The van der Waals surface area contributed by atoms with Crippen molar-refractivity contribution < 1.29 is 17.9 Å². The zero-order valence-corrected chi connectivity index (χ0v) is 18.1. The van der Waals surface area contributed by atoms with Gasteiger partial charge in [0.2, 0.25) is 0 Å². The van der Waals surface area contributed by atoms with Crippen LogP contribution < -0.4 is 10.5 Å². The third kappa shape index (κ3) is 5.17. The first-order valence-corrected chi connectivity index (χ1v) is 13.2. The van der Waals surface area contributed by atoms with Gasteiger partial charge in [-0.15, -0.1) is 0 Å². The topological polar surface area (TPSA) is 60.2 Å². The summed E-state index contributed by atoms with van der Waals surface area (Å²) in [6.07, 6.45) is -3.76. The lowest BCUT2D eigenvalue weighted by molar-refractivity contribution is -0.138. The summed E-state index contributed by atoms with van der Waals surface area (Å²) in [4.78, 5) is 18.1. The minimum Gasteiger partial charge on any atom is -0.359 e. The van der Waals surface area contributed by atoms with Crippen LogP contribution >= 0.6 is 11.6 Å². The van der Waals surface area contributed by atoms with Gasteiger partial charge in [0.15, 0.2) is 0 Å². The van der Waals surface area contributed by atoms with Crippen LogP contribution in [-0.4, -0.2) is 29.4 Å². The second-order valence-corrected chi connectivity index (χ2v) is 14.2. The lowest BCUT2D eigenvalue weighted by Crippen LogP contribution is -2.34. The van der Waals surface area contributed by atoms with Crippen molar-refractivity contribution >= 4 is 25.4 Å². The van der Waals surface area contributed by atoms with E-state index < -0.39 is 25.4 Å². The molecular weight excluding hydrogens is 425 g/mol. The molecule has 0 aromatic carbocycles. The molecule has 0 amide bonds. The average Bonchev–Trinajstić information content (AvgIpc) is 3.00. The van der Waals surface area contributed by atoms with Gasteiger partial charge in [-0.2, -0.15) is 18.3 Å². The van der Waals surface area contributed by atoms with E-state index in [1.54, 1.807) is 12.1 Å². The van der Waals surface area contributed by atoms with Crippen molar-refractivity contribution in [3.05, 3.63) is 50.7 Å². The number of fused-ring (bicyclic) bond motifs is 1. The van der Waals surface area contributed by atoms with Gasteiger partial charge in [0.1, 0.15) is 17.4 Å². The van der Waals surface area contributed by atoms with Crippen molar-refractivity contribution in [1.29, 1.82) is 0 Å². The summed E-state index contributed by atoms with van der Waals surface area (Å²) in [5.41, 5.74) is -1.38. The third-order valence-electron chi connectivity index (χ3n) is 4.59. The Hall–Kier alpha value is -1.91. The van der Waals surface area contributed by atoms with E-state index in [1.807, 2.05) is 0 Å². The van der Waals surface area contributed by atoms with Gasteiger partial charge < -0.3 is 9.64 Å². The number of aromatic nitrogens is 3. The summed E-state index contributed by atoms with van der Waals surface area (Å²) in [5.74, 6) is 0. The fourth-order valence-electron chi connectivity index (χ4n) is 3.00. The van der Waals surface area contributed by atoms with Crippen LogP contribution in [0.3, 0.4) is 0 Å². The van der Waals surface area contributed by atoms with Crippen LogP contribution in [-0.2, 0) is 30.7 Å². The minimum atomic E-state index is -4.82. The molecule has 11 heteroatoms. The predicted octanol–water partition coefficient (Wildman–Crippen LogP) is 4.14. The molecule has 0 aliphatic carbocycles. The number of rotatable bonds is 6. The van der Waals surface area contributed by atoms with Crippen LogP contribution in [0.25, 0.3) is 0 Å². The number of hydrogen-bond donors (Lipinski definition) is 0. The van der Waals surface area contributed by atoms with Crippen molar-refractivity contribution in [3.8, 4) is 0 Å². The number of hydrogen-bond acceptors (Lipinski definition) is 5. The quantitative estimate of drug-likeness (QED) is 0.379. The fourth-order valence-corrected chi connectivity index (χ4v) is 3.93. The van der Waals surface area contributed by atoms with Crippen LogP contribution in [0.15, 0.2) is 23.1 Å². The maximum absolute atomic E-state index is 13.7. The molecule has 0 fully saturated rings. The molecular formula is C18H22ClF3N4O2Si. The highest BCUT2D eigenvalue weighted by atomic mass is 35.5. The second kappa shape index (κ2) is 8.08. The van der Waals surface area contributed by atoms with Gasteiger partial charge in [-0.1, -0.05) is 37.3 Å². The first-order valence-electron chi connectivity index (χ1n) is 9.10. The summed E-state index contributed by atoms with van der Waals surface area (Å²) in [6.45, 7) is 6.86. The van der Waals surface area contributed by atoms with Gasteiger partial charge in [0.25, 0.3) is 5.56 Å². The van der Waals surface area contributed by atoms with Gasteiger partial charge in [-0.25, -0.2) is 9.67 Å². The maximum Gasteiger partial charge on any atom is 0.423 e. The third-order valence-corrected chi connectivity index (χ3v) is 6.51. The van der Waals surface area contributed by atoms with Crippen molar-refractivity contribution in [2.24, 2.45) is 0 Å². The summed E-state index contributed by atoms with van der Waals surface area (Å²) in [7, 11) is -1.35. The van der Waals surface area contributed by atoms with E-state index in [0.29, 0.717) is 12.3 Å². The molecule has 1 aliphatic rings. The van der Waals surface area contributed by atoms with Crippen LogP contribution in [0, 0.1) is 0 Å². The van der Waals surface area contributed by atoms with E-state index >= 15 is 0 Å². The molecule has 0 N–H and O–H groups in total. The molecule has 2 aromatic heterocycles. The Balaban J connectivity index is 1.86. The van der Waals surface area contributed by atoms with Gasteiger partial charge in [0.05, 0.1) is 24.1 Å². The Morgan fingerprint density at radius 2 is 1.97 bits per heavy atom. The minimum absolute atomic E-state index is 0.122. The Morgan fingerprint density at radius 3 is 2.62 bits per heavy atom. The maximum atomic E-state index is 13.7. The summed E-state index contributed by atoms with van der Waals surface area (Å²) >= 11 is 5.87. The van der Waals surface area contributed by atoms with E-state index in [-0.39, 0.29) is 30.7 Å². The highest BCUT2D eigenvalue weighted by Crippen LogP contribution is 2.36. The Kier molecular flexibility index (Phi) is 6.07. The molecule has 29 heavy (non-hydrogen) atoms. The number of anilines is 1. The van der Waals surface area contributed by atoms with Crippen molar-refractivity contribution in [3.63, 3.8) is 0 Å². The highest BCUT2D eigenvalue weighted by Gasteiger charge is 2.40. The largest absolute Gasteiger partial charge is 0.423 e. The number of alkyl halides is 3. The molecule has 0 saturated carbocycles. The van der Waals surface area contributed by atoms with Crippen molar-refractivity contribution in [1.82, 2.24) is 14.8 Å². The number of ether oxygens (including phenoxy) is 1. The number of pyridine rings is 1. The number of halogens is 4. The van der Waals surface area contributed by atoms with E-state index in [1.165, 1.54) is 4.90 Å². The Morgan fingerprint density at radius 1 is 1.24 bits per heavy atom. The van der Waals surface area contributed by atoms with Gasteiger partial charge >= 0.3 is 6.18 Å². The molecule has 0 bridgehead atoms. The van der Waals surface area contributed by atoms with E-state index in [9.17, 15) is 18.0 Å². The van der Waals surface area contributed by atoms with Crippen LogP contribution in [0.2, 0.25) is 30.8 Å². The molecule has 2 aromatic rings. The van der Waals surface area contributed by atoms with Crippen LogP contribution in [0.1, 0.15) is 16.8 Å². The SMILES string of the molecule is C[Si](C)(C)CCOCn1ncc(N2Cc3ccc(Cl)nc3C2)c(C(F)(F)F)c1=O. The first-order chi connectivity index (χ1) is 13.5. The van der Waals surface area contributed by atoms with Gasteiger partial charge in [-0.3, -0.25) is 4.79 Å². The molecule has 3 rings (SSSR count). The van der Waals surface area contributed by atoms with Gasteiger partial charge in [-0.05, 0) is 17.7 Å². The predicted molar refractivity (Wildman–Crippen MR) is 107 cm³/mol. The number of nitrogens with zero attached hydrogens (tertiary/aromatic N) is 4. The molecule has 0 atom stereocenters. The molecule has 1 aliphatic heterocycles. The molecule has 3 heterocycles. The first kappa shape index (κ1) is 21.8. The van der Waals surface area contributed by atoms with E-state index in [2.05, 4.69) is 29.7 Å². The standard InChI is InChI=1S/C18H22ClF3N4O2Si/c1-29(2,3)7-6-28-11-26-17(27)16(18(20,21)22)14(8-23-26)25-9-12-4-5-15(19)24-13(12)10-25/h4-5,8H,6-7,9-11H2,1-3H3. The molecule has 6 nitrogen and oxygen atoms in total. The fraction of sp³-hybridized carbons (Fsp3) is 0.500. The summed E-state index contributed by atoms with van der Waals surface area (Å²) < 4.78 is 47.3. The van der Waals surface area contributed by atoms with Crippen LogP contribution in [0.4, 0.5) is 18.9 Å². The Bertz CT molecular complexity index is 960. The molecule has 0 unspecified atom stereocenters. The summed E-state index contributed by atoms with van der Waals surface area (Å²) in [5, 5.41) is 4.18. The van der Waals surface area contributed by atoms with Crippen molar-refractivity contribution in [2.75, 3.05) is 11.5 Å². The van der Waals surface area contributed by atoms with Gasteiger partial charge in [0, 0.05) is 21.2 Å². The molecule has 0 radical (unpaired) electrons. The summed E-state index contributed by atoms with van der Waals surface area (Å²) in [6, 6.07) is 4.15.